The van der Waals surface area contributed by atoms with Crippen molar-refractivity contribution in [2.24, 2.45) is 0 Å². The third-order valence-corrected chi connectivity index (χ3v) is 3.96. The second-order valence-corrected chi connectivity index (χ2v) is 5.89. The van der Waals surface area contributed by atoms with E-state index in [1.165, 1.54) is 12.1 Å². The summed E-state index contributed by atoms with van der Waals surface area (Å²) >= 11 is 8.99. The highest BCUT2D eigenvalue weighted by molar-refractivity contribution is 9.10. The van der Waals surface area contributed by atoms with Crippen molar-refractivity contribution in [2.45, 2.75) is 13.0 Å². The maximum atomic E-state index is 13.3. The van der Waals surface area contributed by atoms with Crippen molar-refractivity contribution in [1.82, 2.24) is 5.32 Å². The summed E-state index contributed by atoms with van der Waals surface area (Å²) in [7, 11) is 0. The van der Waals surface area contributed by atoms with E-state index in [0.29, 0.717) is 9.50 Å². The molecule has 0 aliphatic heterocycles. The zero-order valence-corrected chi connectivity index (χ0v) is 13.5. The van der Waals surface area contributed by atoms with Gasteiger partial charge in [0.2, 0.25) is 0 Å². The molecule has 21 heavy (non-hydrogen) atoms. The largest absolute Gasteiger partial charge is 0.396 e. The number of hydrogen-bond donors (Lipinski definition) is 2. The van der Waals surface area contributed by atoms with Gasteiger partial charge in [0.1, 0.15) is 5.82 Å². The number of nitrogens with two attached hydrogens (primary N) is 1. The van der Waals surface area contributed by atoms with Crippen molar-refractivity contribution in [3.8, 4) is 0 Å². The molecule has 0 radical (unpaired) electrons. The number of anilines is 1. The van der Waals surface area contributed by atoms with Crippen LogP contribution >= 0.6 is 27.5 Å². The fourth-order valence-electron chi connectivity index (χ4n) is 1.85. The second kappa shape index (κ2) is 6.45. The smallest absolute Gasteiger partial charge is 0.252 e. The van der Waals surface area contributed by atoms with Crippen molar-refractivity contribution in [2.75, 3.05) is 5.73 Å². The summed E-state index contributed by atoms with van der Waals surface area (Å²) in [6, 6.07) is 9.45. The Hall–Kier alpha value is -1.59. The number of halogens is 3. The Labute approximate surface area is 135 Å². The zero-order chi connectivity index (χ0) is 15.6. The first-order valence-electron chi connectivity index (χ1n) is 6.19. The lowest BCUT2D eigenvalue weighted by atomic mass is 10.1. The predicted molar refractivity (Wildman–Crippen MR) is 85.8 cm³/mol. The molecular weight excluding hydrogens is 359 g/mol. The molecule has 1 unspecified atom stereocenters. The van der Waals surface area contributed by atoms with Gasteiger partial charge in [0.05, 0.1) is 17.3 Å². The van der Waals surface area contributed by atoms with Crippen molar-refractivity contribution in [3.05, 3.63) is 62.8 Å². The third-order valence-electron chi connectivity index (χ3n) is 3.05. The van der Waals surface area contributed by atoms with Gasteiger partial charge in [-0.1, -0.05) is 23.7 Å². The summed E-state index contributed by atoms with van der Waals surface area (Å²) in [5.74, 6) is -0.903. The average molecular weight is 372 g/mol. The van der Waals surface area contributed by atoms with E-state index in [1.54, 1.807) is 12.1 Å². The van der Waals surface area contributed by atoms with Gasteiger partial charge in [-0.05, 0) is 52.7 Å². The molecule has 0 aliphatic rings. The summed E-state index contributed by atoms with van der Waals surface area (Å²) in [5, 5.41) is 3.46. The van der Waals surface area contributed by atoms with Gasteiger partial charge in [-0.25, -0.2) is 4.39 Å². The van der Waals surface area contributed by atoms with Crippen molar-refractivity contribution in [1.29, 1.82) is 0 Å². The molecule has 0 aromatic heterocycles. The maximum Gasteiger partial charge on any atom is 0.252 e. The van der Waals surface area contributed by atoms with E-state index in [1.807, 2.05) is 19.1 Å². The molecule has 1 atom stereocenters. The van der Waals surface area contributed by atoms with Crippen LogP contribution in [0.1, 0.15) is 28.9 Å². The van der Waals surface area contributed by atoms with E-state index in [2.05, 4.69) is 21.2 Å². The van der Waals surface area contributed by atoms with Crippen LogP contribution in [0.2, 0.25) is 5.02 Å². The molecule has 0 aliphatic carbocycles. The van der Waals surface area contributed by atoms with E-state index in [9.17, 15) is 9.18 Å². The summed E-state index contributed by atoms with van der Waals surface area (Å²) in [6.07, 6.45) is 0. The SMILES string of the molecule is CC(NC(=O)c1cc(N)c(F)cc1Br)c1ccc(Cl)cc1. The zero-order valence-electron chi connectivity index (χ0n) is 11.2. The molecule has 2 aromatic carbocycles. The Kier molecular flexibility index (Phi) is 4.85. The quantitative estimate of drug-likeness (QED) is 0.790. The molecule has 0 bridgehead atoms. The molecule has 2 rings (SSSR count). The van der Waals surface area contributed by atoms with Crippen LogP contribution in [0.5, 0.6) is 0 Å². The lowest BCUT2D eigenvalue weighted by molar-refractivity contribution is 0.0939. The minimum Gasteiger partial charge on any atom is -0.396 e. The van der Waals surface area contributed by atoms with E-state index < -0.39 is 5.82 Å². The summed E-state index contributed by atoms with van der Waals surface area (Å²) in [6.45, 7) is 1.85. The van der Waals surface area contributed by atoms with Gasteiger partial charge in [-0.3, -0.25) is 4.79 Å². The number of carbonyl (C=O) groups excluding carboxylic acids is 1. The van der Waals surface area contributed by atoms with Gasteiger partial charge in [0.25, 0.3) is 5.91 Å². The summed E-state index contributed by atoms with van der Waals surface area (Å²) < 4.78 is 13.6. The first-order chi connectivity index (χ1) is 9.88. The highest BCUT2D eigenvalue weighted by Gasteiger charge is 2.16. The molecule has 0 heterocycles. The Balaban J connectivity index is 2.18. The molecule has 6 heteroatoms. The van der Waals surface area contributed by atoms with Gasteiger partial charge >= 0.3 is 0 Å². The number of rotatable bonds is 3. The normalized spacial score (nSPS) is 12.0. The minimum atomic E-state index is -0.566. The monoisotopic (exact) mass is 370 g/mol. The van der Waals surface area contributed by atoms with Crippen molar-refractivity contribution >= 4 is 39.1 Å². The van der Waals surface area contributed by atoms with Crippen LogP contribution in [0.25, 0.3) is 0 Å². The lowest BCUT2D eigenvalue weighted by Gasteiger charge is -2.15. The molecule has 3 nitrogen and oxygen atoms in total. The highest BCUT2D eigenvalue weighted by atomic mass is 79.9. The maximum absolute atomic E-state index is 13.3. The predicted octanol–water partition coefficient (Wildman–Crippen LogP) is 4.31. The molecule has 0 saturated heterocycles. The van der Waals surface area contributed by atoms with Crippen LogP contribution in [0.3, 0.4) is 0 Å². The van der Waals surface area contributed by atoms with E-state index in [4.69, 9.17) is 17.3 Å². The summed E-state index contributed by atoms with van der Waals surface area (Å²) in [5.41, 5.74) is 6.63. The van der Waals surface area contributed by atoms with Crippen LogP contribution in [0.4, 0.5) is 10.1 Å². The van der Waals surface area contributed by atoms with Gasteiger partial charge in [-0.2, -0.15) is 0 Å². The molecule has 0 spiro atoms. The van der Waals surface area contributed by atoms with Gasteiger partial charge < -0.3 is 11.1 Å². The van der Waals surface area contributed by atoms with Crippen LogP contribution in [0, 0.1) is 5.82 Å². The highest BCUT2D eigenvalue weighted by Crippen LogP contribution is 2.24. The first-order valence-corrected chi connectivity index (χ1v) is 7.36. The first kappa shape index (κ1) is 15.8. The molecule has 110 valence electrons. The van der Waals surface area contributed by atoms with Crippen LogP contribution in [-0.2, 0) is 0 Å². The van der Waals surface area contributed by atoms with Crippen LogP contribution in [-0.4, -0.2) is 5.91 Å². The average Bonchev–Trinajstić information content (AvgIpc) is 2.43. The molecular formula is C15H13BrClFN2O. The topological polar surface area (TPSA) is 55.1 Å². The van der Waals surface area contributed by atoms with E-state index >= 15 is 0 Å². The van der Waals surface area contributed by atoms with Crippen LogP contribution in [0.15, 0.2) is 40.9 Å². The van der Waals surface area contributed by atoms with E-state index in [-0.39, 0.29) is 23.2 Å². The number of amides is 1. The van der Waals surface area contributed by atoms with Crippen molar-refractivity contribution < 1.29 is 9.18 Å². The molecule has 0 saturated carbocycles. The van der Waals surface area contributed by atoms with Crippen LogP contribution < -0.4 is 11.1 Å². The number of nitrogen functional groups attached to an aromatic ring is 1. The Bertz CT molecular complexity index is 676. The Morgan fingerprint density at radius 1 is 1.33 bits per heavy atom. The molecule has 3 N–H and O–H groups in total. The van der Waals surface area contributed by atoms with Gasteiger partial charge in [0.15, 0.2) is 0 Å². The molecule has 0 fully saturated rings. The van der Waals surface area contributed by atoms with E-state index in [0.717, 1.165) is 5.56 Å². The molecule has 1 amide bonds. The number of hydrogen-bond acceptors (Lipinski definition) is 2. The summed E-state index contributed by atoms with van der Waals surface area (Å²) in [4.78, 5) is 12.2. The Morgan fingerprint density at radius 2 is 1.95 bits per heavy atom. The second-order valence-electron chi connectivity index (χ2n) is 4.60. The fourth-order valence-corrected chi connectivity index (χ4v) is 2.47. The number of benzene rings is 2. The number of nitrogens with one attached hydrogen (secondary N) is 1. The fraction of sp³-hybridized carbons (Fsp3) is 0.133. The minimum absolute atomic E-state index is 0.0671. The molecule has 2 aromatic rings. The lowest BCUT2D eigenvalue weighted by Crippen LogP contribution is -2.27. The Morgan fingerprint density at radius 3 is 2.57 bits per heavy atom. The van der Waals surface area contributed by atoms with Gasteiger partial charge in [0, 0.05) is 9.50 Å². The van der Waals surface area contributed by atoms with Crippen molar-refractivity contribution in [3.63, 3.8) is 0 Å². The standard InChI is InChI=1S/C15H13BrClFN2O/c1-8(9-2-4-10(17)5-3-9)20-15(21)11-6-14(19)13(18)7-12(11)16/h2-8H,19H2,1H3,(H,20,21). The third kappa shape index (κ3) is 3.74. The van der Waals surface area contributed by atoms with Gasteiger partial charge in [-0.15, -0.1) is 0 Å². The number of carbonyl (C=O) groups is 1.